The Bertz CT molecular complexity index is 473. The molecule has 0 amide bonds. The quantitative estimate of drug-likeness (QED) is 0.435. The Balaban J connectivity index is 2.55. The summed E-state index contributed by atoms with van der Waals surface area (Å²) in [4.78, 5) is 12.1. The largest absolute Gasteiger partial charge is 0.483 e. The molecule has 3 N–H and O–H groups in total. The van der Waals surface area contributed by atoms with Crippen molar-refractivity contribution in [3.8, 4) is 5.75 Å². The lowest BCUT2D eigenvalue weighted by Crippen LogP contribution is -2.25. The van der Waals surface area contributed by atoms with Crippen LogP contribution in [-0.2, 0) is 4.74 Å². The first-order chi connectivity index (χ1) is 7.63. The first-order valence-corrected chi connectivity index (χ1v) is 4.97. The summed E-state index contributed by atoms with van der Waals surface area (Å²) < 4.78 is 10.0. The van der Waals surface area contributed by atoms with Crippen LogP contribution in [-0.4, -0.2) is 24.7 Å². The first kappa shape index (κ1) is 10.7. The Morgan fingerprint density at radius 2 is 2.38 bits per heavy atom. The lowest BCUT2D eigenvalue weighted by Gasteiger charge is -2.22. The number of thiocarbonyl (C=S) groups is 1. The molecule has 0 aromatic heterocycles. The molecule has 0 aliphatic carbocycles. The summed E-state index contributed by atoms with van der Waals surface area (Å²) in [7, 11) is 1.29. The fraction of sp³-hybridized carbons (Fsp3) is 0.200. The molecule has 0 fully saturated rings. The van der Waals surface area contributed by atoms with E-state index in [9.17, 15) is 4.79 Å². The molecule has 6 heteroatoms. The molecule has 1 aliphatic heterocycles. The number of nitrogens with two attached hydrogens (primary N) is 1. The highest BCUT2D eigenvalue weighted by Gasteiger charge is 2.24. The maximum absolute atomic E-state index is 11.5. The standard InChI is InChI=1S/C10H10N2O3S/c1-14-10(13)8-5(11)2-3-6-9(8)15-4-7(16)12-6/h2-3H,4,11H2,1H3,(H,12,16). The van der Waals surface area contributed by atoms with Gasteiger partial charge in [0, 0.05) is 0 Å². The van der Waals surface area contributed by atoms with Crippen LogP contribution in [0.1, 0.15) is 10.4 Å². The average Bonchev–Trinajstić information content (AvgIpc) is 2.28. The van der Waals surface area contributed by atoms with E-state index in [0.717, 1.165) is 0 Å². The SMILES string of the molecule is COC(=O)c1c(N)ccc2c1OCC(=S)N2. The van der Waals surface area contributed by atoms with Gasteiger partial charge < -0.3 is 20.5 Å². The predicted molar refractivity (Wildman–Crippen MR) is 63.9 cm³/mol. The van der Waals surface area contributed by atoms with E-state index in [1.165, 1.54) is 7.11 Å². The molecule has 1 aromatic carbocycles. The molecule has 0 bridgehead atoms. The molecule has 1 heterocycles. The molecule has 0 atom stereocenters. The number of ether oxygens (including phenoxy) is 2. The van der Waals surface area contributed by atoms with Gasteiger partial charge in [-0.2, -0.15) is 0 Å². The molecule has 16 heavy (non-hydrogen) atoms. The van der Waals surface area contributed by atoms with Crippen molar-refractivity contribution < 1.29 is 14.3 Å². The highest BCUT2D eigenvalue weighted by Crippen LogP contribution is 2.35. The number of anilines is 2. The number of methoxy groups -OCH3 is 1. The Labute approximate surface area is 97.5 Å². The predicted octanol–water partition coefficient (Wildman–Crippen LogP) is 1.19. The van der Waals surface area contributed by atoms with E-state index in [0.29, 0.717) is 22.1 Å². The van der Waals surface area contributed by atoms with Crippen molar-refractivity contribution in [2.75, 3.05) is 24.8 Å². The minimum Gasteiger partial charge on any atom is -0.483 e. The molecular weight excluding hydrogens is 228 g/mol. The number of nitrogen functional groups attached to an aromatic ring is 1. The van der Waals surface area contributed by atoms with Crippen molar-refractivity contribution >= 4 is 34.6 Å². The van der Waals surface area contributed by atoms with E-state index < -0.39 is 5.97 Å². The van der Waals surface area contributed by atoms with Crippen LogP contribution in [0.4, 0.5) is 11.4 Å². The van der Waals surface area contributed by atoms with Crippen LogP contribution in [0.5, 0.6) is 5.75 Å². The molecule has 0 unspecified atom stereocenters. The van der Waals surface area contributed by atoms with Crippen molar-refractivity contribution in [1.29, 1.82) is 0 Å². The zero-order valence-corrected chi connectivity index (χ0v) is 9.39. The van der Waals surface area contributed by atoms with Crippen LogP contribution in [0.25, 0.3) is 0 Å². The fourth-order valence-electron chi connectivity index (χ4n) is 1.48. The summed E-state index contributed by atoms with van der Waals surface area (Å²) >= 11 is 4.97. The van der Waals surface area contributed by atoms with Gasteiger partial charge in [0.1, 0.15) is 17.2 Å². The minimum atomic E-state index is -0.524. The minimum absolute atomic E-state index is 0.231. The summed E-state index contributed by atoms with van der Waals surface area (Å²) in [5.74, 6) is -0.135. The van der Waals surface area contributed by atoms with Gasteiger partial charge in [-0.3, -0.25) is 0 Å². The van der Waals surface area contributed by atoms with Crippen molar-refractivity contribution in [1.82, 2.24) is 0 Å². The van der Waals surface area contributed by atoms with Gasteiger partial charge in [-0.15, -0.1) is 0 Å². The third-order valence-electron chi connectivity index (χ3n) is 2.20. The van der Waals surface area contributed by atoms with E-state index in [1.54, 1.807) is 12.1 Å². The number of nitrogens with one attached hydrogen (secondary N) is 1. The number of esters is 1. The van der Waals surface area contributed by atoms with Crippen molar-refractivity contribution in [3.63, 3.8) is 0 Å². The normalized spacial score (nSPS) is 13.4. The zero-order chi connectivity index (χ0) is 11.7. The molecule has 0 radical (unpaired) electrons. The Hall–Kier alpha value is -1.82. The van der Waals surface area contributed by atoms with Crippen LogP contribution in [0, 0.1) is 0 Å². The summed E-state index contributed by atoms with van der Waals surface area (Å²) in [6.07, 6.45) is 0. The second-order valence-corrected chi connectivity index (χ2v) is 3.73. The van der Waals surface area contributed by atoms with E-state index in [-0.39, 0.29) is 12.2 Å². The Morgan fingerprint density at radius 1 is 1.62 bits per heavy atom. The summed E-state index contributed by atoms with van der Waals surface area (Å²) in [5.41, 5.74) is 6.90. The molecular formula is C10H10N2O3S. The van der Waals surface area contributed by atoms with Gasteiger partial charge in [0.2, 0.25) is 0 Å². The van der Waals surface area contributed by atoms with Gasteiger partial charge in [0.25, 0.3) is 0 Å². The maximum atomic E-state index is 11.5. The summed E-state index contributed by atoms with van der Waals surface area (Å²) in [6, 6.07) is 3.32. The average molecular weight is 238 g/mol. The number of rotatable bonds is 1. The third kappa shape index (κ3) is 1.67. The molecule has 5 nitrogen and oxygen atoms in total. The number of carbonyl (C=O) groups excluding carboxylic acids is 1. The second-order valence-electron chi connectivity index (χ2n) is 3.23. The summed E-state index contributed by atoms with van der Waals surface area (Å²) in [6.45, 7) is 0.232. The van der Waals surface area contributed by atoms with Crippen molar-refractivity contribution in [2.45, 2.75) is 0 Å². The lowest BCUT2D eigenvalue weighted by molar-refractivity contribution is 0.0598. The van der Waals surface area contributed by atoms with Gasteiger partial charge in [-0.1, -0.05) is 12.2 Å². The fourth-order valence-corrected chi connectivity index (χ4v) is 1.65. The van der Waals surface area contributed by atoms with Gasteiger partial charge in [0.15, 0.2) is 5.75 Å². The lowest BCUT2D eigenvalue weighted by atomic mass is 10.1. The van der Waals surface area contributed by atoms with Crippen LogP contribution in [0.3, 0.4) is 0 Å². The second kappa shape index (κ2) is 3.97. The monoisotopic (exact) mass is 238 g/mol. The van der Waals surface area contributed by atoms with Gasteiger partial charge in [0.05, 0.1) is 18.5 Å². The molecule has 0 saturated heterocycles. The number of benzene rings is 1. The molecule has 0 spiro atoms. The molecule has 2 rings (SSSR count). The van der Waals surface area contributed by atoms with Gasteiger partial charge in [-0.25, -0.2) is 4.79 Å². The Morgan fingerprint density at radius 3 is 3.06 bits per heavy atom. The van der Waals surface area contributed by atoms with Crippen LogP contribution < -0.4 is 15.8 Å². The number of fused-ring (bicyclic) bond motifs is 1. The maximum Gasteiger partial charge on any atom is 0.343 e. The molecule has 1 aliphatic rings. The van der Waals surface area contributed by atoms with Crippen LogP contribution in [0.15, 0.2) is 12.1 Å². The third-order valence-corrected chi connectivity index (χ3v) is 2.42. The van der Waals surface area contributed by atoms with E-state index in [2.05, 4.69) is 10.1 Å². The van der Waals surface area contributed by atoms with Crippen molar-refractivity contribution in [3.05, 3.63) is 17.7 Å². The van der Waals surface area contributed by atoms with Crippen molar-refractivity contribution in [2.24, 2.45) is 0 Å². The highest BCUT2D eigenvalue weighted by molar-refractivity contribution is 7.80. The highest BCUT2D eigenvalue weighted by atomic mass is 32.1. The smallest absolute Gasteiger partial charge is 0.343 e. The first-order valence-electron chi connectivity index (χ1n) is 4.57. The van der Waals surface area contributed by atoms with Crippen LogP contribution >= 0.6 is 12.2 Å². The molecule has 0 saturated carbocycles. The number of hydrogen-bond acceptors (Lipinski definition) is 5. The van der Waals surface area contributed by atoms with E-state index in [1.807, 2.05) is 0 Å². The zero-order valence-electron chi connectivity index (χ0n) is 8.57. The van der Waals surface area contributed by atoms with Gasteiger partial charge >= 0.3 is 5.97 Å². The molecule has 84 valence electrons. The topological polar surface area (TPSA) is 73.6 Å². The van der Waals surface area contributed by atoms with Gasteiger partial charge in [-0.05, 0) is 12.1 Å². The van der Waals surface area contributed by atoms with Crippen LogP contribution in [0.2, 0.25) is 0 Å². The van der Waals surface area contributed by atoms with E-state index >= 15 is 0 Å². The Kier molecular flexibility index (Phi) is 2.66. The number of carbonyl (C=O) groups is 1. The molecule has 1 aromatic rings. The summed E-state index contributed by atoms with van der Waals surface area (Å²) in [5, 5.41) is 2.95. The van der Waals surface area contributed by atoms with E-state index in [4.69, 9.17) is 22.7 Å². The number of hydrogen-bond donors (Lipinski definition) is 2.